The summed E-state index contributed by atoms with van der Waals surface area (Å²) in [5.41, 5.74) is 4.67. The molecule has 1 aliphatic heterocycles. The van der Waals surface area contributed by atoms with Crippen LogP contribution in [0.4, 0.5) is 11.4 Å². The van der Waals surface area contributed by atoms with Crippen molar-refractivity contribution < 1.29 is 14.4 Å². The van der Waals surface area contributed by atoms with Crippen molar-refractivity contribution in [3.8, 4) is 0 Å². The molecule has 0 unspecified atom stereocenters. The molecule has 1 atom stereocenters. The molecule has 0 aliphatic carbocycles. The van der Waals surface area contributed by atoms with E-state index >= 15 is 0 Å². The van der Waals surface area contributed by atoms with Gasteiger partial charge in [-0.05, 0) is 53.4 Å². The van der Waals surface area contributed by atoms with E-state index in [0.717, 1.165) is 25.1 Å². The van der Waals surface area contributed by atoms with E-state index in [1.807, 2.05) is 18.2 Å². The zero-order valence-corrected chi connectivity index (χ0v) is 19.0. The van der Waals surface area contributed by atoms with Crippen LogP contribution in [0.2, 0.25) is 0 Å². The number of anilines is 2. The first-order valence-corrected chi connectivity index (χ1v) is 11.2. The molecule has 34 heavy (non-hydrogen) atoms. The molecule has 0 saturated heterocycles. The second-order valence-electron chi connectivity index (χ2n) is 8.21. The van der Waals surface area contributed by atoms with Crippen LogP contribution in [-0.4, -0.2) is 40.7 Å². The average Bonchev–Trinajstić information content (AvgIpc) is 2.85. The van der Waals surface area contributed by atoms with E-state index < -0.39 is 11.8 Å². The standard InChI is InChI=1S/C26H27N5O3/c1-18(32)29-22-8-10-23(11-9-22)30-26(34)25(33)28-16-24(20-7-4-13-27-15-20)31-14-12-19-5-2-3-6-21(19)17-31/h2-11,13,15,24H,12,14,16-17H2,1H3,(H,28,33)(H,29,32)(H,30,34)/t24-/m1/s1. The molecule has 8 heteroatoms. The molecule has 4 rings (SSSR count). The van der Waals surface area contributed by atoms with Crippen molar-refractivity contribution in [2.24, 2.45) is 0 Å². The van der Waals surface area contributed by atoms with Crippen LogP contribution in [0.15, 0.2) is 73.1 Å². The minimum absolute atomic E-state index is 0.115. The number of nitrogens with zero attached hydrogens (tertiary/aromatic N) is 2. The summed E-state index contributed by atoms with van der Waals surface area (Å²) in [6.07, 6.45) is 4.44. The summed E-state index contributed by atoms with van der Waals surface area (Å²) in [5, 5.41) is 8.02. The van der Waals surface area contributed by atoms with Crippen molar-refractivity contribution in [1.82, 2.24) is 15.2 Å². The SMILES string of the molecule is CC(=O)Nc1ccc(NC(=O)C(=O)NC[C@H](c2cccnc2)N2CCc3ccccc3C2)cc1. The van der Waals surface area contributed by atoms with Crippen LogP contribution in [0.5, 0.6) is 0 Å². The highest BCUT2D eigenvalue weighted by Crippen LogP contribution is 2.27. The number of fused-ring (bicyclic) bond motifs is 1. The summed E-state index contributed by atoms with van der Waals surface area (Å²) in [5.74, 6) is -1.64. The van der Waals surface area contributed by atoms with Gasteiger partial charge in [0.2, 0.25) is 5.91 Å². The fraction of sp³-hybridized carbons (Fsp3) is 0.231. The van der Waals surface area contributed by atoms with Gasteiger partial charge in [-0.2, -0.15) is 0 Å². The van der Waals surface area contributed by atoms with Gasteiger partial charge >= 0.3 is 11.8 Å². The Morgan fingerprint density at radius 2 is 1.62 bits per heavy atom. The lowest BCUT2D eigenvalue weighted by Crippen LogP contribution is -2.43. The molecule has 2 heterocycles. The predicted octanol–water partition coefficient (Wildman–Crippen LogP) is 2.89. The number of hydrogen-bond acceptors (Lipinski definition) is 5. The summed E-state index contributed by atoms with van der Waals surface area (Å²) in [4.78, 5) is 42.7. The second kappa shape index (κ2) is 10.7. The fourth-order valence-electron chi connectivity index (χ4n) is 4.11. The van der Waals surface area contributed by atoms with Crippen LogP contribution in [0.3, 0.4) is 0 Å². The van der Waals surface area contributed by atoms with Gasteiger partial charge in [-0.3, -0.25) is 24.3 Å². The Morgan fingerprint density at radius 3 is 2.29 bits per heavy atom. The van der Waals surface area contributed by atoms with Crippen molar-refractivity contribution in [1.29, 1.82) is 0 Å². The summed E-state index contributed by atoms with van der Waals surface area (Å²) in [6, 6.07) is 18.7. The number of benzene rings is 2. The first-order valence-electron chi connectivity index (χ1n) is 11.2. The first kappa shape index (κ1) is 23.1. The summed E-state index contributed by atoms with van der Waals surface area (Å²) >= 11 is 0. The van der Waals surface area contributed by atoms with Gasteiger partial charge in [0.05, 0.1) is 6.04 Å². The van der Waals surface area contributed by atoms with Crippen molar-refractivity contribution in [3.05, 3.63) is 89.7 Å². The van der Waals surface area contributed by atoms with Gasteiger partial charge in [0.1, 0.15) is 0 Å². The third-order valence-corrected chi connectivity index (χ3v) is 5.80. The molecule has 3 aromatic rings. The quantitative estimate of drug-likeness (QED) is 0.494. The molecule has 0 fully saturated rings. The van der Waals surface area contributed by atoms with E-state index in [1.165, 1.54) is 18.1 Å². The maximum atomic E-state index is 12.6. The summed E-state index contributed by atoms with van der Waals surface area (Å²) < 4.78 is 0. The molecule has 0 saturated carbocycles. The number of aromatic nitrogens is 1. The van der Waals surface area contributed by atoms with E-state index in [4.69, 9.17) is 0 Å². The van der Waals surface area contributed by atoms with Crippen LogP contribution in [0.1, 0.15) is 29.7 Å². The molecule has 1 aromatic heterocycles. The molecule has 0 radical (unpaired) electrons. The summed E-state index contributed by atoms with van der Waals surface area (Å²) in [6.45, 7) is 3.31. The lowest BCUT2D eigenvalue weighted by Gasteiger charge is -2.35. The van der Waals surface area contributed by atoms with Crippen molar-refractivity contribution >= 4 is 29.1 Å². The van der Waals surface area contributed by atoms with Gasteiger partial charge in [0, 0.05) is 50.3 Å². The van der Waals surface area contributed by atoms with Crippen LogP contribution in [0, 0.1) is 0 Å². The Morgan fingerprint density at radius 1 is 0.912 bits per heavy atom. The lowest BCUT2D eigenvalue weighted by atomic mass is 9.97. The monoisotopic (exact) mass is 457 g/mol. The van der Waals surface area contributed by atoms with Gasteiger partial charge in [-0.15, -0.1) is 0 Å². The molecule has 2 aromatic carbocycles. The number of amides is 3. The zero-order chi connectivity index (χ0) is 23.9. The third-order valence-electron chi connectivity index (χ3n) is 5.80. The van der Waals surface area contributed by atoms with Crippen LogP contribution < -0.4 is 16.0 Å². The van der Waals surface area contributed by atoms with Gasteiger partial charge in [-0.1, -0.05) is 30.3 Å². The van der Waals surface area contributed by atoms with E-state index in [0.29, 0.717) is 11.4 Å². The van der Waals surface area contributed by atoms with Gasteiger partial charge < -0.3 is 16.0 Å². The minimum atomic E-state index is -0.749. The van der Waals surface area contributed by atoms with Crippen LogP contribution >= 0.6 is 0 Å². The number of hydrogen-bond donors (Lipinski definition) is 3. The van der Waals surface area contributed by atoms with E-state index in [9.17, 15) is 14.4 Å². The molecule has 0 spiro atoms. The van der Waals surface area contributed by atoms with E-state index in [2.05, 4.69) is 44.0 Å². The number of carbonyl (C=O) groups is 3. The first-order chi connectivity index (χ1) is 16.5. The Hall–Kier alpha value is -4.04. The normalized spacial score (nSPS) is 13.9. The highest BCUT2D eigenvalue weighted by Gasteiger charge is 2.26. The van der Waals surface area contributed by atoms with Crippen molar-refractivity contribution in [3.63, 3.8) is 0 Å². The van der Waals surface area contributed by atoms with Crippen molar-refractivity contribution in [2.45, 2.75) is 25.9 Å². The average molecular weight is 458 g/mol. The van der Waals surface area contributed by atoms with Gasteiger partial charge in [0.25, 0.3) is 0 Å². The van der Waals surface area contributed by atoms with E-state index in [-0.39, 0.29) is 18.5 Å². The van der Waals surface area contributed by atoms with Crippen LogP contribution in [0.25, 0.3) is 0 Å². The second-order valence-corrected chi connectivity index (χ2v) is 8.21. The third kappa shape index (κ3) is 5.85. The molecular weight excluding hydrogens is 430 g/mol. The molecular formula is C26H27N5O3. The Kier molecular flexibility index (Phi) is 7.29. The fourth-order valence-corrected chi connectivity index (χ4v) is 4.11. The highest BCUT2D eigenvalue weighted by molar-refractivity contribution is 6.39. The Balaban J connectivity index is 1.39. The van der Waals surface area contributed by atoms with Gasteiger partial charge in [-0.25, -0.2) is 0 Å². The largest absolute Gasteiger partial charge is 0.346 e. The number of carbonyl (C=O) groups excluding carboxylic acids is 3. The molecule has 3 amide bonds. The molecule has 8 nitrogen and oxygen atoms in total. The smallest absolute Gasteiger partial charge is 0.313 e. The number of rotatable bonds is 6. The Bertz CT molecular complexity index is 1160. The number of nitrogens with one attached hydrogen (secondary N) is 3. The van der Waals surface area contributed by atoms with Gasteiger partial charge in [0.15, 0.2) is 0 Å². The lowest BCUT2D eigenvalue weighted by molar-refractivity contribution is -0.136. The predicted molar refractivity (Wildman–Crippen MR) is 130 cm³/mol. The maximum absolute atomic E-state index is 12.6. The molecule has 174 valence electrons. The molecule has 3 N–H and O–H groups in total. The summed E-state index contributed by atoms with van der Waals surface area (Å²) in [7, 11) is 0. The zero-order valence-electron chi connectivity index (χ0n) is 19.0. The highest BCUT2D eigenvalue weighted by atomic mass is 16.2. The topological polar surface area (TPSA) is 103 Å². The minimum Gasteiger partial charge on any atom is -0.346 e. The van der Waals surface area contributed by atoms with E-state index in [1.54, 1.807) is 36.7 Å². The molecule has 0 bridgehead atoms. The van der Waals surface area contributed by atoms with Crippen molar-refractivity contribution in [2.75, 3.05) is 23.7 Å². The number of pyridine rings is 1. The van der Waals surface area contributed by atoms with Crippen LogP contribution in [-0.2, 0) is 27.3 Å². The maximum Gasteiger partial charge on any atom is 0.313 e. The molecule has 1 aliphatic rings. The Labute approximate surface area is 198 Å².